The number of hydrogen-bond acceptors (Lipinski definition) is 3. The van der Waals surface area contributed by atoms with Crippen LogP contribution in [0.2, 0.25) is 0 Å². The van der Waals surface area contributed by atoms with Crippen molar-refractivity contribution < 1.29 is 4.39 Å². The first-order valence-electron chi connectivity index (χ1n) is 6.56. The van der Waals surface area contributed by atoms with Crippen LogP contribution in [0.1, 0.15) is 5.69 Å². The highest BCUT2D eigenvalue weighted by Crippen LogP contribution is 2.15. The van der Waals surface area contributed by atoms with Crippen molar-refractivity contribution in [2.45, 2.75) is 0 Å². The molecule has 0 aliphatic heterocycles. The van der Waals surface area contributed by atoms with Gasteiger partial charge in [0.1, 0.15) is 5.82 Å². The van der Waals surface area contributed by atoms with Gasteiger partial charge in [0.05, 0.1) is 16.9 Å². The van der Waals surface area contributed by atoms with Gasteiger partial charge in [-0.1, -0.05) is 24.3 Å². The Morgan fingerprint density at radius 2 is 1.76 bits per heavy atom. The lowest BCUT2D eigenvalue weighted by atomic mass is 10.2. The molecule has 3 aromatic rings. The minimum atomic E-state index is -0.270. The number of rotatable bonds is 3. The van der Waals surface area contributed by atoms with Crippen molar-refractivity contribution in [3.8, 4) is 0 Å². The van der Waals surface area contributed by atoms with Crippen molar-refractivity contribution in [1.82, 2.24) is 4.98 Å². The van der Waals surface area contributed by atoms with Crippen LogP contribution >= 0.6 is 0 Å². The van der Waals surface area contributed by atoms with Gasteiger partial charge in [-0.15, -0.1) is 0 Å². The fraction of sp³-hybridized carbons (Fsp3) is 0. The summed E-state index contributed by atoms with van der Waals surface area (Å²) in [6.45, 7) is 0. The lowest BCUT2D eigenvalue weighted by Crippen LogP contribution is -2.02. The summed E-state index contributed by atoms with van der Waals surface area (Å²) >= 11 is 0. The van der Waals surface area contributed by atoms with Gasteiger partial charge >= 0.3 is 0 Å². The quantitative estimate of drug-likeness (QED) is 0.767. The predicted octanol–water partition coefficient (Wildman–Crippen LogP) is 3.74. The highest BCUT2D eigenvalue weighted by Gasteiger charge is 2.00. The molecule has 3 N–H and O–H groups in total. The number of halogens is 1. The Kier molecular flexibility index (Phi) is 3.51. The largest absolute Gasteiger partial charge is 0.396 e. The average Bonchev–Trinajstić information content (AvgIpc) is 2.53. The van der Waals surface area contributed by atoms with Gasteiger partial charge in [-0.2, -0.15) is 0 Å². The van der Waals surface area contributed by atoms with E-state index >= 15 is 0 Å². The van der Waals surface area contributed by atoms with E-state index in [-0.39, 0.29) is 5.82 Å². The molecule has 0 amide bonds. The molecule has 0 bridgehead atoms. The standard InChI is InChI=1S/C17H14FN3/c18-13-6-8-14(9-7-13)20-11-15(19)17-10-5-12-3-1-2-4-16(12)21-17/h1-11,20H,19H2/b15-11-. The molecule has 0 unspecified atom stereocenters. The Bertz CT molecular complexity index is 794. The van der Waals surface area contributed by atoms with Crippen molar-refractivity contribution in [3.63, 3.8) is 0 Å². The first-order valence-corrected chi connectivity index (χ1v) is 6.56. The van der Waals surface area contributed by atoms with E-state index in [9.17, 15) is 4.39 Å². The molecule has 1 heterocycles. The molecule has 2 aromatic carbocycles. The van der Waals surface area contributed by atoms with Crippen LogP contribution in [0.3, 0.4) is 0 Å². The number of aromatic nitrogens is 1. The van der Waals surface area contributed by atoms with Crippen LogP contribution in [0.5, 0.6) is 0 Å². The summed E-state index contributed by atoms with van der Waals surface area (Å²) in [7, 11) is 0. The van der Waals surface area contributed by atoms with E-state index in [2.05, 4.69) is 10.3 Å². The van der Waals surface area contributed by atoms with E-state index in [1.807, 2.05) is 36.4 Å². The number of nitrogens with one attached hydrogen (secondary N) is 1. The summed E-state index contributed by atoms with van der Waals surface area (Å²) in [4.78, 5) is 4.51. The average molecular weight is 279 g/mol. The summed E-state index contributed by atoms with van der Waals surface area (Å²) in [6.07, 6.45) is 1.66. The summed E-state index contributed by atoms with van der Waals surface area (Å²) in [5.74, 6) is -0.270. The fourth-order valence-electron chi connectivity index (χ4n) is 2.01. The van der Waals surface area contributed by atoms with Crippen molar-refractivity contribution in [2.75, 3.05) is 5.32 Å². The first-order chi connectivity index (χ1) is 10.2. The number of fused-ring (bicyclic) bond motifs is 1. The number of benzene rings is 2. The fourth-order valence-corrected chi connectivity index (χ4v) is 2.01. The highest BCUT2D eigenvalue weighted by atomic mass is 19.1. The van der Waals surface area contributed by atoms with Gasteiger partial charge in [0.2, 0.25) is 0 Å². The van der Waals surface area contributed by atoms with E-state index in [1.54, 1.807) is 18.3 Å². The van der Waals surface area contributed by atoms with Gasteiger partial charge in [0.15, 0.2) is 0 Å². The van der Waals surface area contributed by atoms with Gasteiger partial charge in [-0.05, 0) is 36.4 Å². The summed E-state index contributed by atoms with van der Waals surface area (Å²) in [6, 6.07) is 17.8. The number of hydrogen-bond donors (Lipinski definition) is 2. The molecular formula is C17H14FN3. The third-order valence-corrected chi connectivity index (χ3v) is 3.13. The minimum Gasteiger partial charge on any atom is -0.396 e. The number of nitrogens with zero attached hydrogens (tertiary/aromatic N) is 1. The maximum absolute atomic E-state index is 12.8. The number of anilines is 1. The molecule has 104 valence electrons. The van der Waals surface area contributed by atoms with Crippen molar-refractivity contribution in [2.24, 2.45) is 5.73 Å². The molecule has 0 atom stereocenters. The molecule has 0 aliphatic rings. The first kappa shape index (κ1) is 13.1. The number of pyridine rings is 1. The lowest BCUT2D eigenvalue weighted by Gasteiger charge is -2.05. The van der Waals surface area contributed by atoms with E-state index in [0.717, 1.165) is 16.6 Å². The minimum absolute atomic E-state index is 0.270. The third kappa shape index (κ3) is 3.00. The molecule has 0 spiro atoms. The van der Waals surface area contributed by atoms with Crippen molar-refractivity contribution >= 4 is 22.3 Å². The van der Waals surface area contributed by atoms with Crippen LogP contribution < -0.4 is 11.1 Å². The molecule has 0 radical (unpaired) electrons. The monoisotopic (exact) mass is 279 g/mol. The molecular weight excluding hydrogens is 265 g/mol. The van der Waals surface area contributed by atoms with E-state index in [0.29, 0.717) is 11.4 Å². The second kappa shape index (κ2) is 5.63. The van der Waals surface area contributed by atoms with Crippen LogP contribution in [0, 0.1) is 5.82 Å². The smallest absolute Gasteiger partial charge is 0.123 e. The Morgan fingerprint density at radius 1 is 1.00 bits per heavy atom. The zero-order valence-corrected chi connectivity index (χ0v) is 11.3. The molecule has 3 rings (SSSR count). The molecule has 4 heteroatoms. The van der Waals surface area contributed by atoms with Gasteiger partial charge in [0, 0.05) is 17.3 Å². The van der Waals surface area contributed by atoms with Crippen LogP contribution in [-0.4, -0.2) is 4.98 Å². The highest BCUT2D eigenvalue weighted by molar-refractivity contribution is 5.80. The van der Waals surface area contributed by atoms with Crippen molar-refractivity contribution in [1.29, 1.82) is 0 Å². The topological polar surface area (TPSA) is 50.9 Å². The van der Waals surface area contributed by atoms with Crippen LogP contribution in [0.4, 0.5) is 10.1 Å². The molecule has 21 heavy (non-hydrogen) atoms. The molecule has 0 fully saturated rings. The molecule has 3 nitrogen and oxygen atoms in total. The van der Waals surface area contributed by atoms with Gasteiger partial charge in [-0.3, -0.25) is 0 Å². The number of nitrogens with two attached hydrogens (primary N) is 1. The molecule has 1 aromatic heterocycles. The Morgan fingerprint density at radius 3 is 2.57 bits per heavy atom. The van der Waals surface area contributed by atoms with E-state index in [1.165, 1.54) is 12.1 Å². The zero-order chi connectivity index (χ0) is 14.7. The van der Waals surface area contributed by atoms with Crippen LogP contribution in [0.15, 0.2) is 66.9 Å². The molecule has 0 saturated carbocycles. The van der Waals surface area contributed by atoms with Gasteiger partial charge < -0.3 is 11.1 Å². The van der Waals surface area contributed by atoms with E-state index in [4.69, 9.17) is 5.73 Å². The predicted molar refractivity (Wildman–Crippen MR) is 83.9 cm³/mol. The zero-order valence-electron chi connectivity index (χ0n) is 11.3. The summed E-state index contributed by atoms with van der Waals surface area (Å²) in [5.41, 5.74) is 8.90. The van der Waals surface area contributed by atoms with Crippen LogP contribution in [-0.2, 0) is 0 Å². The Balaban J connectivity index is 1.83. The number of para-hydroxylation sites is 1. The van der Waals surface area contributed by atoms with E-state index < -0.39 is 0 Å². The summed E-state index contributed by atoms with van der Waals surface area (Å²) in [5, 5.41) is 4.09. The molecule has 0 aliphatic carbocycles. The maximum Gasteiger partial charge on any atom is 0.123 e. The van der Waals surface area contributed by atoms with Crippen LogP contribution in [0.25, 0.3) is 16.6 Å². The summed E-state index contributed by atoms with van der Waals surface area (Å²) < 4.78 is 12.8. The second-order valence-corrected chi connectivity index (χ2v) is 4.64. The van der Waals surface area contributed by atoms with Gasteiger partial charge in [0.25, 0.3) is 0 Å². The second-order valence-electron chi connectivity index (χ2n) is 4.64. The Labute approximate surface area is 121 Å². The van der Waals surface area contributed by atoms with Gasteiger partial charge in [-0.25, -0.2) is 9.37 Å². The van der Waals surface area contributed by atoms with Crippen molar-refractivity contribution in [3.05, 3.63) is 78.4 Å². The normalized spacial score (nSPS) is 11.6. The lowest BCUT2D eigenvalue weighted by molar-refractivity contribution is 0.628. The maximum atomic E-state index is 12.8. The molecule has 0 saturated heterocycles. The third-order valence-electron chi connectivity index (χ3n) is 3.13. The Hall–Kier alpha value is -2.88. The SMILES string of the molecule is N/C(=C\Nc1ccc(F)cc1)c1ccc2ccccc2n1.